The van der Waals surface area contributed by atoms with Gasteiger partial charge in [-0.15, -0.1) is 11.6 Å². The molecule has 4 nitrogen and oxygen atoms in total. The number of halogens is 1. The largest absolute Gasteiger partial charge is 0.469 e. The minimum absolute atomic E-state index is 0.0295. The van der Waals surface area contributed by atoms with E-state index in [1.54, 1.807) is 0 Å². The van der Waals surface area contributed by atoms with E-state index >= 15 is 0 Å². The summed E-state index contributed by atoms with van der Waals surface area (Å²) in [6, 6.07) is 0. The second-order valence-electron chi connectivity index (χ2n) is 9.73. The molecule has 2 aliphatic rings. The van der Waals surface area contributed by atoms with Crippen molar-refractivity contribution in [2.24, 2.45) is 23.2 Å². The summed E-state index contributed by atoms with van der Waals surface area (Å²) in [7, 11) is 1.41. The number of aliphatic hydroxyl groups excluding tert-OH is 2. The molecule has 172 valence electrons. The standard InChI is InChI=1S/C25H41ClO4/c1-18(2)17-25(14-9-15-25)23(28)12-8-11-20-19(21(26)16-22(20)27)10-6-4-5-7-13-24(29)30-3/h4,6,8,11,18-23,27-28H,5,7,9-10,12-17H2,1-3H3/b6-4-,11-8+/t19-,20-,21-,22-,23?/m1/s1. The third kappa shape index (κ3) is 7.10. The van der Waals surface area contributed by atoms with Crippen LogP contribution in [0.4, 0.5) is 0 Å². The number of alkyl halides is 1. The molecule has 0 aromatic rings. The predicted molar refractivity (Wildman–Crippen MR) is 122 cm³/mol. The predicted octanol–water partition coefficient (Wildman–Crippen LogP) is 5.40. The van der Waals surface area contributed by atoms with E-state index in [1.165, 1.54) is 13.5 Å². The number of rotatable bonds is 12. The molecule has 1 unspecified atom stereocenters. The third-order valence-corrected chi connectivity index (χ3v) is 7.51. The molecular weight excluding hydrogens is 400 g/mol. The van der Waals surface area contributed by atoms with Crippen LogP contribution in [-0.4, -0.2) is 40.9 Å². The van der Waals surface area contributed by atoms with Crippen LogP contribution in [-0.2, 0) is 9.53 Å². The average molecular weight is 441 g/mol. The van der Waals surface area contributed by atoms with E-state index in [0.717, 1.165) is 38.5 Å². The first-order valence-corrected chi connectivity index (χ1v) is 12.1. The zero-order valence-electron chi connectivity index (χ0n) is 18.9. The number of hydrogen-bond donors (Lipinski definition) is 2. The summed E-state index contributed by atoms with van der Waals surface area (Å²) in [6.45, 7) is 4.46. The van der Waals surface area contributed by atoms with Gasteiger partial charge in [0.1, 0.15) is 0 Å². The molecule has 0 aromatic carbocycles. The Morgan fingerprint density at radius 2 is 2.00 bits per heavy atom. The van der Waals surface area contributed by atoms with Crippen molar-refractivity contribution in [2.75, 3.05) is 7.11 Å². The summed E-state index contributed by atoms with van der Waals surface area (Å²) in [5.74, 6) is 0.649. The maximum atomic E-state index is 11.1. The Kier molecular flexibility index (Phi) is 10.4. The van der Waals surface area contributed by atoms with Gasteiger partial charge in [-0.3, -0.25) is 4.79 Å². The molecule has 2 saturated carbocycles. The van der Waals surface area contributed by atoms with Crippen molar-refractivity contribution in [3.63, 3.8) is 0 Å². The minimum Gasteiger partial charge on any atom is -0.469 e. The number of aliphatic hydroxyl groups is 2. The van der Waals surface area contributed by atoms with Gasteiger partial charge >= 0.3 is 5.97 Å². The van der Waals surface area contributed by atoms with Crippen molar-refractivity contribution >= 4 is 17.6 Å². The summed E-state index contributed by atoms with van der Waals surface area (Å²) in [6.07, 6.45) is 16.3. The van der Waals surface area contributed by atoms with Crippen molar-refractivity contribution in [1.29, 1.82) is 0 Å². The lowest BCUT2D eigenvalue weighted by molar-refractivity contribution is -0.140. The number of hydrogen-bond acceptors (Lipinski definition) is 4. The maximum absolute atomic E-state index is 11.1. The molecule has 2 rings (SSSR count). The highest BCUT2D eigenvalue weighted by Crippen LogP contribution is 2.49. The van der Waals surface area contributed by atoms with E-state index in [1.807, 2.05) is 0 Å². The number of esters is 1. The number of carbonyl (C=O) groups is 1. The van der Waals surface area contributed by atoms with Crippen LogP contribution in [0.25, 0.3) is 0 Å². The average Bonchev–Trinajstić information content (AvgIpc) is 2.93. The van der Waals surface area contributed by atoms with Crippen LogP contribution in [0, 0.1) is 23.2 Å². The molecule has 0 aromatic heterocycles. The van der Waals surface area contributed by atoms with Gasteiger partial charge in [0.15, 0.2) is 0 Å². The molecule has 5 atom stereocenters. The molecule has 0 heterocycles. The lowest BCUT2D eigenvalue weighted by atomic mass is 9.60. The minimum atomic E-state index is -0.424. The molecule has 5 heteroatoms. The van der Waals surface area contributed by atoms with E-state index in [2.05, 4.69) is 42.9 Å². The Morgan fingerprint density at radius 3 is 2.60 bits per heavy atom. The summed E-state index contributed by atoms with van der Waals surface area (Å²) < 4.78 is 4.65. The van der Waals surface area contributed by atoms with Crippen LogP contribution >= 0.6 is 11.6 Å². The molecular formula is C25H41ClO4. The van der Waals surface area contributed by atoms with Gasteiger partial charge in [-0.2, -0.15) is 0 Å². The SMILES string of the molecule is COC(=O)CCC/C=C\C[C@@H]1[C@@H](/C=C/CC(O)C2(CC(C)C)CCC2)[C@H](O)C[C@H]1Cl. The third-order valence-electron chi connectivity index (χ3n) is 7.01. The topological polar surface area (TPSA) is 66.8 Å². The summed E-state index contributed by atoms with van der Waals surface area (Å²) in [4.78, 5) is 11.1. The fourth-order valence-electron chi connectivity index (χ4n) is 5.23. The first kappa shape index (κ1) is 25.4. The van der Waals surface area contributed by atoms with Crippen molar-refractivity contribution < 1.29 is 19.7 Å². The number of ether oxygens (including phenoxy) is 1. The Bertz CT molecular complexity index is 582. The zero-order chi connectivity index (χ0) is 22.1. The molecule has 0 radical (unpaired) electrons. The fraction of sp³-hybridized carbons (Fsp3) is 0.800. The van der Waals surface area contributed by atoms with Crippen LogP contribution in [0.2, 0.25) is 0 Å². The van der Waals surface area contributed by atoms with E-state index in [4.69, 9.17) is 11.6 Å². The number of unbranched alkanes of at least 4 members (excludes halogenated alkanes) is 1. The molecule has 0 amide bonds. The van der Waals surface area contributed by atoms with Gasteiger partial charge in [-0.05, 0) is 68.6 Å². The van der Waals surface area contributed by atoms with E-state index in [9.17, 15) is 15.0 Å². The first-order chi connectivity index (χ1) is 14.3. The highest BCUT2D eigenvalue weighted by molar-refractivity contribution is 6.21. The Balaban J connectivity index is 1.84. The molecule has 0 spiro atoms. The van der Waals surface area contributed by atoms with Gasteiger partial charge in [0.2, 0.25) is 0 Å². The van der Waals surface area contributed by atoms with Gasteiger partial charge in [-0.25, -0.2) is 0 Å². The molecule has 0 bridgehead atoms. The van der Waals surface area contributed by atoms with Crippen LogP contribution in [0.1, 0.15) is 78.1 Å². The van der Waals surface area contributed by atoms with Crippen molar-refractivity contribution in [2.45, 2.75) is 95.6 Å². The fourth-order valence-corrected chi connectivity index (χ4v) is 5.69. The monoisotopic (exact) mass is 440 g/mol. The number of carbonyl (C=O) groups excluding carboxylic acids is 1. The van der Waals surface area contributed by atoms with Crippen LogP contribution in [0.5, 0.6) is 0 Å². The van der Waals surface area contributed by atoms with Crippen molar-refractivity contribution in [3.8, 4) is 0 Å². The highest BCUT2D eigenvalue weighted by atomic mass is 35.5. The Hall–Kier alpha value is -0.840. The van der Waals surface area contributed by atoms with E-state index in [0.29, 0.717) is 25.2 Å². The summed E-state index contributed by atoms with van der Waals surface area (Å²) >= 11 is 6.53. The number of methoxy groups -OCH3 is 1. The lowest BCUT2D eigenvalue weighted by Crippen LogP contribution is -2.42. The first-order valence-electron chi connectivity index (χ1n) is 11.7. The Morgan fingerprint density at radius 1 is 1.27 bits per heavy atom. The molecule has 2 N–H and O–H groups in total. The molecule has 2 aliphatic carbocycles. The maximum Gasteiger partial charge on any atom is 0.305 e. The van der Waals surface area contributed by atoms with Gasteiger partial charge in [0, 0.05) is 17.7 Å². The number of allylic oxidation sites excluding steroid dienone is 2. The normalized spacial score (nSPS) is 29.6. The van der Waals surface area contributed by atoms with Gasteiger partial charge in [0.05, 0.1) is 19.3 Å². The summed E-state index contributed by atoms with van der Waals surface area (Å²) in [5, 5.41) is 21.3. The quantitative estimate of drug-likeness (QED) is 0.184. The van der Waals surface area contributed by atoms with Gasteiger partial charge in [0.25, 0.3) is 0 Å². The molecule has 0 aliphatic heterocycles. The van der Waals surface area contributed by atoms with E-state index in [-0.39, 0.29) is 34.7 Å². The second kappa shape index (κ2) is 12.3. The van der Waals surface area contributed by atoms with E-state index < -0.39 is 6.10 Å². The van der Waals surface area contributed by atoms with Crippen LogP contribution in [0.15, 0.2) is 24.3 Å². The highest BCUT2D eigenvalue weighted by Gasteiger charge is 2.43. The molecule has 0 saturated heterocycles. The molecule has 2 fully saturated rings. The smallest absolute Gasteiger partial charge is 0.305 e. The molecule has 30 heavy (non-hydrogen) atoms. The zero-order valence-corrected chi connectivity index (χ0v) is 19.7. The second-order valence-corrected chi connectivity index (χ2v) is 10.3. The van der Waals surface area contributed by atoms with Gasteiger partial charge in [-0.1, -0.05) is 44.6 Å². The van der Waals surface area contributed by atoms with Crippen LogP contribution < -0.4 is 0 Å². The van der Waals surface area contributed by atoms with Gasteiger partial charge < -0.3 is 14.9 Å². The van der Waals surface area contributed by atoms with Crippen LogP contribution in [0.3, 0.4) is 0 Å². The van der Waals surface area contributed by atoms with Crippen molar-refractivity contribution in [3.05, 3.63) is 24.3 Å². The van der Waals surface area contributed by atoms with Crippen molar-refractivity contribution in [1.82, 2.24) is 0 Å². The lowest BCUT2D eigenvalue weighted by Gasteiger charge is -2.46. The summed E-state index contributed by atoms with van der Waals surface area (Å²) in [5.41, 5.74) is 0.0914. The Labute approximate surface area is 187 Å².